The van der Waals surface area contributed by atoms with E-state index in [2.05, 4.69) is 0 Å². The van der Waals surface area contributed by atoms with Gasteiger partial charge in [0.2, 0.25) is 0 Å². The lowest BCUT2D eigenvalue weighted by molar-refractivity contribution is -0.0390. The van der Waals surface area contributed by atoms with Gasteiger partial charge in [-0.1, -0.05) is 17.7 Å². The van der Waals surface area contributed by atoms with Crippen LogP contribution in [0.3, 0.4) is 0 Å². The minimum absolute atomic E-state index is 0.0183. The predicted molar refractivity (Wildman–Crippen MR) is 78.1 cm³/mol. The van der Waals surface area contributed by atoms with E-state index in [9.17, 15) is 9.90 Å². The van der Waals surface area contributed by atoms with Crippen LogP contribution in [0.5, 0.6) is 0 Å². The van der Waals surface area contributed by atoms with Crippen LogP contribution in [0.1, 0.15) is 28.4 Å². The first-order chi connectivity index (χ1) is 9.54. The number of benzene rings is 1. The van der Waals surface area contributed by atoms with Crippen LogP contribution in [0.25, 0.3) is 0 Å². The molecule has 1 aromatic rings. The largest absolute Gasteiger partial charge is 0.395 e. The van der Waals surface area contributed by atoms with E-state index in [1.165, 1.54) is 0 Å². The molecule has 0 spiro atoms. The highest BCUT2D eigenvalue weighted by Gasteiger charge is 2.31. The van der Waals surface area contributed by atoms with Gasteiger partial charge in [-0.05, 0) is 32.4 Å². The lowest BCUT2D eigenvalue weighted by Crippen LogP contribution is -2.53. The van der Waals surface area contributed by atoms with Crippen molar-refractivity contribution in [2.45, 2.75) is 32.9 Å². The number of carbonyl (C=O) groups is 1. The fourth-order valence-corrected chi connectivity index (χ4v) is 2.71. The lowest BCUT2D eigenvalue weighted by Gasteiger charge is -2.38. The Hall–Kier alpha value is -1.23. The number of morpholine rings is 1. The number of ketones is 1. The van der Waals surface area contributed by atoms with Crippen molar-refractivity contribution >= 4 is 5.78 Å². The highest BCUT2D eigenvalue weighted by molar-refractivity contribution is 6.01. The van der Waals surface area contributed by atoms with E-state index in [4.69, 9.17) is 4.74 Å². The molecule has 110 valence electrons. The second kappa shape index (κ2) is 6.48. The Morgan fingerprint density at radius 3 is 2.95 bits per heavy atom. The van der Waals surface area contributed by atoms with Gasteiger partial charge < -0.3 is 9.84 Å². The maximum absolute atomic E-state index is 12.7. The maximum atomic E-state index is 12.7. The van der Waals surface area contributed by atoms with E-state index in [-0.39, 0.29) is 24.5 Å². The summed E-state index contributed by atoms with van der Waals surface area (Å²) < 4.78 is 5.37. The number of aliphatic hydroxyl groups excluding tert-OH is 1. The van der Waals surface area contributed by atoms with Gasteiger partial charge in [-0.2, -0.15) is 0 Å². The number of aliphatic hydroxyl groups is 1. The summed E-state index contributed by atoms with van der Waals surface area (Å²) in [5.74, 6) is 0.117. The van der Waals surface area contributed by atoms with E-state index in [0.717, 1.165) is 16.7 Å². The van der Waals surface area contributed by atoms with E-state index in [1.807, 2.05) is 43.9 Å². The molecule has 4 heteroatoms. The zero-order chi connectivity index (χ0) is 14.7. The molecule has 2 atom stereocenters. The molecule has 0 radical (unpaired) electrons. The fraction of sp³-hybridized carbons (Fsp3) is 0.562. The Bertz CT molecular complexity index is 487. The van der Waals surface area contributed by atoms with Gasteiger partial charge in [-0.15, -0.1) is 0 Å². The molecule has 0 amide bonds. The Labute approximate surface area is 120 Å². The maximum Gasteiger partial charge on any atom is 0.179 e. The molecule has 0 aromatic heterocycles. The van der Waals surface area contributed by atoms with Crippen LogP contribution in [-0.2, 0) is 4.74 Å². The van der Waals surface area contributed by atoms with Gasteiger partial charge in [0.05, 0.1) is 31.9 Å². The third-order valence-corrected chi connectivity index (χ3v) is 4.02. The second-order valence-corrected chi connectivity index (χ2v) is 5.51. The van der Waals surface area contributed by atoms with Gasteiger partial charge in [0, 0.05) is 12.1 Å². The van der Waals surface area contributed by atoms with Crippen LogP contribution in [0.15, 0.2) is 18.2 Å². The van der Waals surface area contributed by atoms with Crippen molar-refractivity contribution in [1.82, 2.24) is 4.90 Å². The van der Waals surface area contributed by atoms with Crippen molar-refractivity contribution in [3.05, 3.63) is 34.9 Å². The SMILES string of the molecule is Cc1ccc(C)c(C(=O)C(C)N2CCOCC2CO)c1. The van der Waals surface area contributed by atoms with Gasteiger partial charge in [-0.25, -0.2) is 0 Å². The second-order valence-electron chi connectivity index (χ2n) is 5.51. The summed E-state index contributed by atoms with van der Waals surface area (Å²) >= 11 is 0. The molecule has 1 heterocycles. The van der Waals surface area contributed by atoms with Gasteiger partial charge >= 0.3 is 0 Å². The first-order valence-electron chi connectivity index (χ1n) is 7.10. The summed E-state index contributed by atoms with van der Waals surface area (Å²) in [4.78, 5) is 14.8. The number of rotatable bonds is 4. The van der Waals surface area contributed by atoms with Crippen LogP contribution in [-0.4, -0.2) is 54.2 Å². The molecular formula is C16H23NO3. The summed E-state index contributed by atoms with van der Waals surface area (Å²) in [5.41, 5.74) is 2.87. The predicted octanol–water partition coefficient (Wildman–Crippen LogP) is 1.57. The average Bonchev–Trinajstić information content (AvgIpc) is 2.48. The van der Waals surface area contributed by atoms with Crippen LogP contribution in [0.4, 0.5) is 0 Å². The smallest absolute Gasteiger partial charge is 0.179 e. The number of hydrogen-bond donors (Lipinski definition) is 1. The summed E-state index contributed by atoms with van der Waals surface area (Å²) in [5, 5.41) is 9.43. The molecule has 0 aliphatic carbocycles. The topological polar surface area (TPSA) is 49.8 Å². The lowest BCUT2D eigenvalue weighted by atomic mass is 9.96. The van der Waals surface area contributed by atoms with Crippen LogP contribution in [0.2, 0.25) is 0 Å². The minimum Gasteiger partial charge on any atom is -0.395 e. The number of hydrogen-bond acceptors (Lipinski definition) is 4. The molecule has 1 aliphatic rings. The molecule has 0 saturated carbocycles. The van der Waals surface area contributed by atoms with Crippen LogP contribution in [0, 0.1) is 13.8 Å². The van der Waals surface area contributed by atoms with Crippen molar-refractivity contribution in [3.63, 3.8) is 0 Å². The fourth-order valence-electron chi connectivity index (χ4n) is 2.71. The Balaban J connectivity index is 2.21. The summed E-state index contributed by atoms with van der Waals surface area (Å²) in [6, 6.07) is 5.62. The van der Waals surface area contributed by atoms with E-state index in [0.29, 0.717) is 19.8 Å². The zero-order valence-corrected chi connectivity index (χ0v) is 12.4. The standard InChI is InChI=1S/C16H23NO3/c1-11-4-5-12(2)15(8-11)16(19)13(3)17-6-7-20-10-14(17)9-18/h4-5,8,13-14,18H,6-7,9-10H2,1-3H3. The number of aryl methyl sites for hydroxylation is 2. The molecule has 2 rings (SSSR count). The van der Waals surface area contributed by atoms with E-state index in [1.54, 1.807) is 0 Å². The molecule has 4 nitrogen and oxygen atoms in total. The van der Waals surface area contributed by atoms with Crippen LogP contribution < -0.4 is 0 Å². The summed E-state index contributed by atoms with van der Waals surface area (Å²) in [6.07, 6.45) is 0. The van der Waals surface area contributed by atoms with Crippen molar-refractivity contribution in [3.8, 4) is 0 Å². The Morgan fingerprint density at radius 2 is 2.25 bits per heavy atom. The van der Waals surface area contributed by atoms with Gasteiger partial charge in [0.1, 0.15) is 0 Å². The van der Waals surface area contributed by atoms with Crippen molar-refractivity contribution in [1.29, 1.82) is 0 Å². The third-order valence-electron chi connectivity index (χ3n) is 4.02. The molecule has 1 saturated heterocycles. The Kier molecular flexibility index (Phi) is 4.91. The average molecular weight is 277 g/mol. The number of Topliss-reactive ketones (excluding diaryl/α,β-unsaturated/α-hetero) is 1. The quantitative estimate of drug-likeness (QED) is 0.849. The molecule has 1 aliphatic heterocycles. The number of ether oxygens (including phenoxy) is 1. The minimum atomic E-state index is -0.239. The van der Waals surface area contributed by atoms with Crippen molar-refractivity contribution in [2.24, 2.45) is 0 Å². The monoisotopic (exact) mass is 277 g/mol. The van der Waals surface area contributed by atoms with Crippen molar-refractivity contribution < 1.29 is 14.6 Å². The molecule has 1 aromatic carbocycles. The third kappa shape index (κ3) is 3.08. The molecule has 20 heavy (non-hydrogen) atoms. The first kappa shape index (κ1) is 15.2. The normalized spacial score (nSPS) is 21.7. The number of nitrogens with zero attached hydrogens (tertiary/aromatic N) is 1. The number of carbonyl (C=O) groups excluding carboxylic acids is 1. The molecule has 0 bridgehead atoms. The van der Waals surface area contributed by atoms with E-state index < -0.39 is 0 Å². The molecule has 1 N–H and O–H groups in total. The highest BCUT2D eigenvalue weighted by atomic mass is 16.5. The Morgan fingerprint density at radius 1 is 1.50 bits per heavy atom. The molecule has 1 fully saturated rings. The zero-order valence-electron chi connectivity index (χ0n) is 12.4. The summed E-state index contributed by atoms with van der Waals surface area (Å²) in [7, 11) is 0. The van der Waals surface area contributed by atoms with Gasteiger partial charge in [0.15, 0.2) is 5.78 Å². The van der Waals surface area contributed by atoms with Crippen LogP contribution >= 0.6 is 0 Å². The van der Waals surface area contributed by atoms with Crippen molar-refractivity contribution in [2.75, 3.05) is 26.4 Å². The van der Waals surface area contributed by atoms with Gasteiger partial charge in [-0.3, -0.25) is 9.69 Å². The van der Waals surface area contributed by atoms with E-state index >= 15 is 0 Å². The van der Waals surface area contributed by atoms with Gasteiger partial charge in [0.25, 0.3) is 0 Å². The first-order valence-corrected chi connectivity index (χ1v) is 7.10. The molecular weight excluding hydrogens is 254 g/mol. The summed E-state index contributed by atoms with van der Waals surface area (Å²) in [6.45, 7) is 7.67. The highest BCUT2D eigenvalue weighted by Crippen LogP contribution is 2.18. The molecule has 2 unspecified atom stereocenters.